The van der Waals surface area contributed by atoms with E-state index in [0.29, 0.717) is 5.75 Å². The minimum absolute atomic E-state index is 0.00536. The Labute approximate surface area is 145 Å². The topological polar surface area (TPSA) is 29.5 Å². The Morgan fingerprint density at radius 3 is 2.54 bits per heavy atom. The molecule has 1 saturated heterocycles. The highest BCUT2D eigenvalue weighted by Gasteiger charge is 2.34. The van der Waals surface area contributed by atoms with Crippen molar-refractivity contribution in [1.29, 1.82) is 0 Å². The van der Waals surface area contributed by atoms with Crippen LogP contribution in [-0.4, -0.2) is 18.8 Å². The lowest BCUT2D eigenvalue weighted by atomic mass is 10.1. The van der Waals surface area contributed by atoms with Crippen LogP contribution < -0.4 is 9.64 Å². The van der Waals surface area contributed by atoms with E-state index in [1.807, 2.05) is 53.4 Å². The molecule has 0 saturated carbocycles. The molecule has 3 aromatic carbocycles. The van der Waals surface area contributed by atoms with Gasteiger partial charge in [-0.25, -0.2) is 0 Å². The molecule has 4 rings (SSSR count). The van der Waals surface area contributed by atoms with Gasteiger partial charge in [-0.3, -0.25) is 9.69 Å². The van der Waals surface area contributed by atoms with Crippen LogP contribution in [0.25, 0.3) is 10.8 Å². The SMILES string of the molecule is COc1ccc(C2SCC(=O)N2c2cccc3ccccc23)cc1. The number of rotatable bonds is 3. The highest BCUT2D eigenvalue weighted by atomic mass is 32.2. The first-order valence-electron chi connectivity index (χ1n) is 7.83. The van der Waals surface area contributed by atoms with Crippen molar-refractivity contribution < 1.29 is 9.53 Å². The average molecular weight is 335 g/mol. The molecular formula is C20H17NO2S. The second-order valence-electron chi connectivity index (χ2n) is 5.70. The molecular weight excluding hydrogens is 318 g/mol. The molecule has 0 aliphatic carbocycles. The predicted molar refractivity (Wildman–Crippen MR) is 99.6 cm³/mol. The van der Waals surface area contributed by atoms with Crippen LogP contribution in [0, 0.1) is 0 Å². The van der Waals surface area contributed by atoms with Crippen LogP contribution >= 0.6 is 11.8 Å². The molecule has 1 aliphatic rings. The summed E-state index contributed by atoms with van der Waals surface area (Å²) in [4.78, 5) is 14.5. The molecule has 1 aliphatic heterocycles. The molecule has 4 heteroatoms. The summed E-state index contributed by atoms with van der Waals surface area (Å²) in [6.45, 7) is 0. The number of ether oxygens (including phenoxy) is 1. The van der Waals surface area contributed by atoms with E-state index >= 15 is 0 Å². The van der Waals surface area contributed by atoms with Crippen molar-refractivity contribution in [3.8, 4) is 5.75 Å². The number of amides is 1. The van der Waals surface area contributed by atoms with E-state index in [1.54, 1.807) is 18.9 Å². The van der Waals surface area contributed by atoms with Gasteiger partial charge in [-0.15, -0.1) is 11.8 Å². The molecule has 0 N–H and O–H groups in total. The van der Waals surface area contributed by atoms with E-state index in [-0.39, 0.29) is 11.3 Å². The Hall–Kier alpha value is -2.46. The first-order valence-corrected chi connectivity index (χ1v) is 8.88. The number of benzene rings is 3. The lowest BCUT2D eigenvalue weighted by Gasteiger charge is -2.25. The molecule has 3 nitrogen and oxygen atoms in total. The van der Waals surface area contributed by atoms with Gasteiger partial charge in [-0.1, -0.05) is 48.5 Å². The number of hydrogen-bond acceptors (Lipinski definition) is 3. The maximum absolute atomic E-state index is 12.6. The molecule has 0 spiro atoms. The number of carbonyl (C=O) groups is 1. The maximum atomic E-state index is 12.6. The zero-order valence-corrected chi connectivity index (χ0v) is 14.1. The monoisotopic (exact) mass is 335 g/mol. The molecule has 0 aromatic heterocycles. The predicted octanol–water partition coefficient (Wildman–Crippen LogP) is 4.63. The van der Waals surface area contributed by atoms with Crippen molar-refractivity contribution in [2.45, 2.75) is 5.37 Å². The molecule has 0 bridgehead atoms. The van der Waals surface area contributed by atoms with Crippen molar-refractivity contribution in [3.05, 3.63) is 72.3 Å². The second kappa shape index (κ2) is 6.21. The number of methoxy groups -OCH3 is 1. The standard InChI is InChI=1S/C20H17NO2S/c1-23-16-11-9-15(10-12-16)20-21(19(22)13-24-20)18-8-4-6-14-5-2-3-7-17(14)18/h2-12,20H,13H2,1H3. The fourth-order valence-electron chi connectivity index (χ4n) is 3.12. The summed E-state index contributed by atoms with van der Waals surface area (Å²) in [5, 5.41) is 2.25. The highest BCUT2D eigenvalue weighted by molar-refractivity contribution is 8.00. The van der Waals surface area contributed by atoms with Crippen molar-refractivity contribution in [2.75, 3.05) is 17.8 Å². The molecule has 0 radical (unpaired) electrons. The van der Waals surface area contributed by atoms with E-state index < -0.39 is 0 Å². The summed E-state index contributed by atoms with van der Waals surface area (Å²) in [7, 11) is 1.66. The molecule has 1 atom stereocenters. The summed E-state index contributed by atoms with van der Waals surface area (Å²) >= 11 is 1.66. The number of thioether (sulfide) groups is 1. The molecule has 1 amide bonds. The van der Waals surface area contributed by atoms with Gasteiger partial charge in [-0.2, -0.15) is 0 Å². The molecule has 24 heavy (non-hydrogen) atoms. The summed E-state index contributed by atoms with van der Waals surface area (Å²) in [5.41, 5.74) is 2.09. The minimum atomic E-state index is -0.00536. The third-order valence-corrected chi connectivity index (χ3v) is 5.51. The van der Waals surface area contributed by atoms with Gasteiger partial charge in [-0.05, 0) is 29.1 Å². The van der Waals surface area contributed by atoms with Crippen molar-refractivity contribution in [1.82, 2.24) is 0 Å². The Bertz CT molecular complexity index is 886. The first-order chi connectivity index (χ1) is 11.8. The fraction of sp³-hybridized carbons (Fsp3) is 0.150. The van der Waals surface area contributed by atoms with Crippen LogP contribution in [0.15, 0.2) is 66.7 Å². The summed E-state index contributed by atoms with van der Waals surface area (Å²) in [5.74, 6) is 1.47. The fourth-order valence-corrected chi connectivity index (χ4v) is 4.29. The number of fused-ring (bicyclic) bond motifs is 1. The van der Waals surface area contributed by atoms with E-state index in [0.717, 1.165) is 27.8 Å². The molecule has 1 unspecified atom stereocenters. The van der Waals surface area contributed by atoms with Gasteiger partial charge in [0.25, 0.3) is 0 Å². The minimum Gasteiger partial charge on any atom is -0.497 e. The van der Waals surface area contributed by atoms with Gasteiger partial charge in [0, 0.05) is 5.39 Å². The van der Waals surface area contributed by atoms with Crippen LogP contribution in [0.4, 0.5) is 5.69 Å². The van der Waals surface area contributed by atoms with Gasteiger partial charge >= 0.3 is 0 Å². The normalized spacial score (nSPS) is 17.5. The van der Waals surface area contributed by atoms with Crippen molar-refractivity contribution >= 4 is 34.1 Å². The third kappa shape index (κ3) is 2.53. The third-order valence-electron chi connectivity index (χ3n) is 4.29. The largest absolute Gasteiger partial charge is 0.497 e. The quantitative estimate of drug-likeness (QED) is 0.699. The smallest absolute Gasteiger partial charge is 0.238 e. The zero-order valence-electron chi connectivity index (χ0n) is 13.3. The van der Waals surface area contributed by atoms with Crippen LogP contribution in [0.5, 0.6) is 5.75 Å². The Kier molecular flexibility index (Phi) is 3.90. The molecule has 120 valence electrons. The van der Waals surface area contributed by atoms with Gasteiger partial charge in [0.15, 0.2) is 0 Å². The second-order valence-corrected chi connectivity index (χ2v) is 6.77. The molecule has 3 aromatic rings. The zero-order chi connectivity index (χ0) is 16.5. The average Bonchev–Trinajstić information content (AvgIpc) is 3.02. The van der Waals surface area contributed by atoms with Gasteiger partial charge in [0.2, 0.25) is 5.91 Å². The highest BCUT2D eigenvalue weighted by Crippen LogP contribution is 2.44. The van der Waals surface area contributed by atoms with Crippen LogP contribution in [0.3, 0.4) is 0 Å². The van der Waals surface area contributed by atoms with Gasteiger partial charge < -0.3 is 4.74 Å². The van der Waals surface area contributed by atoms with Crippen LogP contribution in [0.1, 0.15) is 10.9 Å². The van der Waals surface area contributed by atoms with E-state index in [2.05, 4.69) is 18.2 Å². The van der Waals surface area contributed by atoms with Gasteiger partial charge in [0.1, 0.15) is 11.1 Å². The van der Waals surface area contributed by atoms with Crippen LogP contribution in [0.2, 0.25) is 0 Å². The number of carbonyl (C=O) groups excluding carboxylic acids is 1. The summed E-state index contributed by atoms with van der Waals surface area (Å²) in [6, 6.07) is 22.3. The number of nitrogens with zero attached hydrogens (tertiary/aromatic N) is 1. The van der Waals surface area contributed by atoms with Crippen LogP contribution in [-0.2, 0) is 4.79 Å². The first kappa shape index (κ1) is 15.1. The van der Waals surface area contributed by atoms with E-state index in [1.165, 1.54) is 0 Å². The Balaban J connectivity index is 1.80. The van der Waals surface area contributed by atoms with E-state index in [9.17, 15) is 4.79 Å². The maximum Gasteiger partial charge on any atom is 0.238 e. The lowest BCUT2D eigenvalue weighted by molar-refractivity contribution is -0.115. The summed E-state index contributed by atoms with van der Waals surface area (Å²) in [6.07, 6.45) is 0. The lowest BCUT2D eigenvalue weighted by Crippen LogP contribution is -2.28. The molecule has 1 fully saturated rings. The number of hydrogen-bond donors (Lipinski definition) is 0. The Morgan fingerprint density at radius 2 is 1.75 bits per heavy atom. The Morgan fingerprint density at radius 1 is 1.00 bits per heavy atom. The van der Waals surface area contributed by atoms with Crippen molar-refractivity contribution in [2.24, 2.45) is 0 Å². The van der Waals surface area contributed by atoms with E-state index in [4.69, 9.17) is 4.74 Å². The molecule has 1 heterocycles. The summed E-state index contributed by atoms with van der Waals surface area (Å²) < 4.78 is 5.23. The van der Waals surface area contributed by atoms with Crippen molar-refractivity contribution in [3.63, 3.8) is 0 Å². The number of anilines is 1. The van der Waals surface area contributed by atoms with Gasteiger partial charge in [0.05, 0.1) is 18.6 Å².